The summed E-state index contributed by atoms with van der Waals surface area (Å²) in [7, 11) is -1.09. The third kappa shape index (κ3) is 5.02. The Morgan fingerprint density at radius 3 is 2.48 bits per heavy atom. The number of halogens is 1. The summed E-state index contributed by atoms with van der Waals surface area (Å²) in [5, 5.41) is 2.06. The van der Waals surface area contributed by atoms with Gasteiger partial charge in [0.1, 0.15) is 0 Å². The predicted molar refractivity (Wildman–Crippen MR) is 95.9 cm³/mol. The standard InChI is InChI=1S/C16H20BrNOS2/c1-16(2,3)21(19)18-14(15-10-13(17)11-20-15)9-12-7-5-4-6-8-12/h4-8,10-11,14,18H,9H2,1-3H3/t14-,21?/m1/s1. The second-order valence-electron chi connectivity index (χ2n) is 5.91. The lowest BCUT2D eigenvalue weighted by Gasteiger charge is -2.23. The average molecular weight is 386 g/mol. The fraction of sp³-hybridized carbons (Fsp3) is 0.375. The molecule has 2 nitrogen and oxygen atoms in total. The van der Waals surface area contributed by atoms with Crippen molar-refractivity contribution in [2.24, 2.45) is 0 Å². The molecular weight excluding hydrogens is 366 g/mol. The minimum absolute atomic E-state index is 0.0590. The summed E-state index contributed by atoms with van der Waals surface area (Å²) >= 11 is 5.18. The van der Waals surface area contributed by atoms with E-state index in [1.165, 1.54) is 10.4 Å². The van der Waals surface area contributed by atoms with Crippen LogP contribution in [0.1, 0.15) is 37.3 Å². The number of hydrogen-bond donors (Lipinski definition) is 1. The third-order valence-electron chi connectivity index (χ3n) is 3.02. The molecule has 2 aromatic rings. The van der Waals surface area contributed by atoms with Crippen molar-refractivity contribution in [2.75, 3.05) is 0 Å². The SMILES string of the molecule is CC(C)(C)S(=O)N[C@H](Cc1ccccc1)c1cc(Br)cs1. The molecule has 114 valence electrons. The highest BCUT2D eigenvalue weighted by Crippen LogP contribution is 2.29. The third-order valence-corrected chi connectivity index (χ3v) is 6.44. The fourth-order valence-corrected chi connectivity index (χ4v) is 4.26. The van der Waals surface area contributed by atoms with Crippen LogP contribution in [-0.2, 0) is 17.4 Å². The van der Waals surface area contributed by atoms with Crippen LogP contribution in [0.3, 0.4) is 0 Å². The summed E-state index contributed by atoms with van der Waals surface area (Å²) in [6, 6.07) is 12.5. The minimum Gasteiger partial charge on any atom is -0.242 e. The molecule has 2 rings (SSSR count). The molecule has 21 heavy (non-hydrogen) atoms. The Morgan fingerprint density at radius 1 is 1.29 bits per heavy atom. The molecule has 0 amide bonds. The van der Waals surface area contributed by atoms with Crippen LogP contribution in [0.15, 0.2) is 46.3 Å². The largest absolute Gasteiger partial charge is 0.242 e. The molecule has 1 aromatic carbocycles. The molecular formula is C16H20BrNOS2. The number of rotatable bonds is 5. The van der Waals surface area contributed by atoms with Gasteiger partial charge < -0.3 is 0 Å². The highest BCUT2D eigenvalue weighted by atomic mass is 79.9. The second-order valence-corrected chi connectivity index (χ2v) is 9.76. The van der Waals surface area contributed by atoms with Crippen LogP contribution in [-0.4, -0.2) is 8.96 Å². The molecule has 0 aliphatic carbocycles. The van der Waals surface area contributed by atoms with Crippen LogP contribution in [0.5, 0.6) is 0 Å². The lowest BCUT2D eigenvalue weighted by atomic mass is 10.1. The molecule has 0 spiro atoms. The maximum Gasteiger partial charge on any atom is 0.0976 e. The summed E-state index contributed by atoms with van der Waals surface area (Å²) in [6.45, 7) is 5.96. The molecule has 0 fully saturated rings. The van der Waals surface area contributed by atoms with Gasteiger partial charge in [0.15, 0.2) is 0 Å². The van der Waals surface area contributed by atoms with Crippen molar-refractivity contribution >= 4 is 38.3 Å². The quantitative estimate of drug-likeness (QED) is 0.782. The molecule has 1 unspecified atom stereocenters. The average Bonchev–Trinajstić information content (AvgIpc) is 2.84. The molecule has 2 atom stereocenters. The van der Waals surface area contributed by atoms with E-state index in [0.717, 1.165) is 10.9 Å². The van der Waals surface area contributed by atoms with E-state index < -0.39 is 11.0 Å². The van der Waals surface area contributed by atoms with E-state index in [4.69, 9.17) is 0 Å². The molecule has 5 heteroatoms. The maximum absolute atomic E-state index is 12.4. The number of benzene rings is 1. The van der Waals surface area contributed by atoms with Crippen molar-refractivity contribution in [1.29, 1.82) is 0 Å². The molecule has 0 radical (unpaired) electrons. The van der Waals surface area contributed by atoms with Crippen LogP contribution in [0, 0.1) is 0 Å². The summed E-state index contributed by atoms with van der Waals surface area (Å²) in [6.07, 6.45) is 0.829. The smallest absolute Gasteiger partial charge is 0.0976 e. The van der Waals surface area contributed by atoms with Crippen LogP contribution in [0.4, 0.5) is 0 Å². The van der Waals surface area contributed by atoms with Crippen LogP contribution in [0.2, 0.25) is 0 Å². The van der Waals surface area contributed by atoms with Crippen LogP contribution >= 0.6 is 27.3 Å². The first-order valence-electron chi connectivity index (χ1n) is 6.82. The van der Waals surface area contributed by atoms with Gasteiger partial charge in [-0.2, -0.15) is 0 Å². The molecule has 0 aliphatic heterocycles. The first-order chi connectivity index (χ1) is 9.86. The Hall–Kier alpha value is -0.490. The zero-order chi connectivity index (χ0) is 15.5. The van der Waals surface area contributed by atoms with Gasteiger partial charge >= 0.3 is 0 Å². The molecule has 1 heterocycles. The fourth-order valence-electron chi connectivity index (χ4n) is 1.87. The topological polar surface area (TPSA) is 29.1 Å². The molecule has 0 bridgehead atoms. The summed E-state index contributed by atoms with van der Waals surface area (Å²) < 4.78 is 16.5. The summed E-state index contributed by atoms with van der Waals surface area (Å²) in [5.74, 6) is 0. The van der Waals surface area contributed by atoms with Crippen LogP contribution < -0.4 is 4.72 Å². The zero-order valence-electron chi connectivity index (χ0n) is 12.4. The van der Waals surface area contributed by atoms with E-state index in [0.29, 0.717) is 0 Å². The molecule has 0 saturated heterocycles. The molecule has 1 N–H and O–H groups in total. The monoisotopic (exact) mass is 385 g/mol. The minimum atomic E-state index is -1.09. The molecule has 0 saturated carbocycles. The van der Waals surface area contributed by atoms with E-state index in [1.807, 2.05) is 39.0 Å². The van der Waals surface area contributed by atoms with Crippen molar-refractivity contribution in [3.8, 4) is 0 Å². The summed E-state index contributed by atoms with van der Waals surface area (Å²) in [4.78, 5) is 1.20. The van der Waals surface area contributed by atoms with E-state index in [9.17, 15) is 4.21 Å². The Morgan fingerprint density at radius 2 is 1.95 bits per heavy atom. The highest BCUT2D eigenvalue weighted by molar-refractivity contribution is 9.10. The van der Waals surface area contributed by atoms with E-state index >= 15 is 0 Å². The number of hydrogen-bond acceptors (Lipinski definition) is 2. The lowest BCUT2D eigenvalue weighted by molar-refractivity contribution is 0.601. The van der Waals surface area contributed by atoms with E-state index in [1.54, 1.807) is 11.3 Å². The van der Waals surface area contributed by atoms with Crippen molar-refractivity contribution in [3.05, 3.63) is 56.7 Å². The van der Waals surface area contributed by atoms with Crippen molar-refractivity contribution < 1.29 is 4.21 Å². The lowest BCUT2D eigenvalue weighted by Crippen LogP contribution is -2.36. The molecule has 0 aliphatic rings. The Labute approximate surface area is 141 Å². The van der Waals surface area contributed by atoms with Gasteiger partial charge in [0.2, 0.25) is 0 Å². The van der Waals surface area contributed by atoms with Gasteiger partial charge in [-0.1, -0.05) is 30.3 Å². The first kappa shape index (κ1) is 16.9. The second kappa shape index (κ2) is 7.18. The summed E-state index contributed by atoms with van der Waals surface area (Å²) in [5.41, 5.74) is 1.24. The van der Waals surface area contributed by atoms with Crippen LogP contribution in [0.25, 0.3) is 0 Å². The number of nitrogens with one attached hydrogen (secondary N) is 1. The van der Waals surface area contributed by atoms with Gasteiger partial charge in [-0.15, -0.1) is 11.3 Å². The van der Waals surface area contributed by atoms with Gasteiger partial charge in [-0.3, -0.25) is 0 Å². The number of thiophene rings is 1. The van der Waals surface area contributed by atoms with Crippen molar-refractivity contribution in [2.45, 2.75) is 38.0 Å². The predicted octanol–water partition coefficient (Wildman–Crippen LogP) is 4.85. The van der Waals surface area contributed by atoms with Crippen molar-refractivity contribution in [1.82, 2.24) is 4.72 Å². The van der Waals surface area contributed by atoms with Gasteiger partial charge in [0.05, 0.1) is 21.8 Å². The Balaban J connectivity index is 2.21. The van der Waals surface area contributed by atoms with Crippen molar-refractivity contribution in [3.63, 3.8) is 0 Å². The Kier molecular flexibility index (Phi) is 5.77. The Bertz CT molecular complexity index is 604. The molecule has 1 aromatic heterocycles. The van der Waals surface area contributed by atoms with Gasteiger partial charge in [0, 0.05) is 14.7 Å². The van der Waals surface area contributed by atoms with Gasteiger partial charge in [-0.05, 0) is 54.8 Å². The normalized spacial score (nSPS) is 14.9. The van der Waals surface area contributed by atoms with E-state index in [-0.39, 0.29) is 10.8 Å². The highest BCUT2D eigenvalue weighted by Gasteiger charge is 2.24. The van der Waals surface area contributed by atoms with Gasteiger partial charge in [0.25, 0.3) is 0 Å². The first-order valence-corrected chi connectivity index (χ1v) is 9.64. The maximum atomic E-state index is 12.4. The zero-order valence-corrected chi connectivity index (χ0v) is 15.6. The van der Waals surface area contributed by atoms with Gasteiger partial charge in [-0.25, -0.2) is 8.93 Å². The van der Waals surface area contributed by atoms with E-state index in [2.05, 4.69) is 44.2 Å².